The second-order valence-corrected chi connectivity index (χ2v) is 7.63. The van der Waals surface area contributed by atoms with Crippen molar-refractivity contribution >= 4 is 28.5 Å². The maximum Gasteiger partial charge on any atom is 0.255 e. The number of rotatable bonds is 1. The van der Waals surface area contributed by atoms with Crippen molar-refractivity contribution in [2.75, 3.05) is 11.1 Å². The largest absolute Gasteiger partial charge is 0.361 e. The molecule has 1 aromatic carbocycles. The van der Waals surface area contributed by atoms with Crippen molar-refractivity contribution in [2.24, 2.45) is 5.10 Å². The molecule has 0 bridgehead atoms. The van der Waals surface area contributed by atoms with Gasteiger partial charge >= 0.3 is 0 Å². The Balaban J connectivity index is 1.83. The standard InChI is InChI=1S/C17H22N4OS/c1-2-23-16-18-15(22)14-12-8-4-5-9-13(12)19-17(21(14)20-16)10-6-3-7-11-17/h4-5,8-9,14,19H,2-3,6-7,10-11H2,1H3,(H,18,20,22). The molecule has 122 valence electrons. The van der Waals surface area contributed by atoms with Crippen LogP contribution in [0.5, 0.6) is 0 Å². The fourth-order valence-corrected chi connectivity index (χ4v) is 4.52. The Kier molecular flexibility index (Phi) is 3.71. The average molecular weight is 330 g/mol. The molecule has 1 amide bonds. The molecule has 1 aromatic rings. The molecule has 5 nitrogen and oxygen atoms in total. The van der Waals surface area contributed by atoms with Crippen LogP contribution in [0.25, 0.3) is 0 Å². The number of carbonyl (C=O) groups excluding carboxylic acids is 1. The molecular formula is C17H22N4OS. The van der Waals surface area contributed by atoms with Gasteiger partial charge in [-0.2, -0.15) is 0 Å². The van der Waals surface area contributed by atoms with E-state index in [0.29, 0.717) is 0 Å². The van der Waals surface area contributed by atoms with E-state index >= 15 is 0 Å². The van der Waals surface area contributed by atoms with E-state index in [2.05, 4.69) is 28.6 Å². The van der Waals surface area contributed by atoms with Crippen LogP contribution in [0, 0.1) is 0 Å². The van der Waals surface area contributed by atoms with Gasteiger partial charge in [0.15, 0.2) is 11.2 Å². The van der Waals surface area contributed by atoms with Crippen LogP contribution in [0.1, 0.15) is 50.6 Å². The number of para-hydroxylation sites is 1. The lowest BCUT2D eigenvalue weighted by Gasteiger charge is -2.53. The van der Waals surface area contributed by atoms with Gasteiger partial charge in [-0.1, -0.05) is 43.3 Å². The van der Waals surface area contributed by atoms with Gasteiger partial charge in [0.05, 0.1) is 0 Å². The number of nitrogens with zero attached hydrogens (tertiary/aromatic N) is 2. The zero-order chi connectivity index (χ0) is 15.9. The van der Waals surface area contributed by atoms with Gasteiger partial charge in [0, 0.05) is 11.3 Å². The summed E-state index contributed by atoms with van der Waals surface area (Å²) in [5.74, 6) is 0.934. The zero-order valence-electron chi connectivity index (χ0n) is 13.3. The van der Waals surface area contributed by atoms with Crippen LogP contribution in [0.4, 0.5) is 5.69 Å². The lowest BCUT2D eigenvalue weighted by Crippen LogP contribution is -2.62. The second kappa shape index (κ2) is 5.74. The smallest absolute Gasteiger partial charge is 0.255 e. The summed E-state index contributed by atoms with van der Waals surface area (Å²) < 4.78 is 0. The number of amidine groups is 1. The van der Waals surface area contributed by atoms with Gasteiger partial charge in [0.2, 0.25) is 0 Å². The molecule has 6 heteroatoms. The topological polar surface area (TPSA) is 56.7 Å². The van der Waals surface area contributed by atoms with Crippen molar-refractivity contribution in [2.45, 2.75) is 50.7 Å². The lowest BCUT2D eigenvalue weighted by molar-refractivity contribution is -0.130. The average Bonchev–Trinajstić information content (AvgIpc) is 2.56. The maximum absolute atomic E-state index is 12.8. The number of thioether (sulfide) groups is 1. The Morgan fingerprint density at radius 1 is 1.30 bits per heavy atom. The van der Waals surface area contributed by atoms with Crippen LogP contribution < -0.4 is 10.6 Å². The summed E-state index contributed by atoms with van der Waals surface area (Å²) in [7, 11) is 0. The van der Waals surface area contributed by atoms with E-state index in [-0.39, 0.29) is 17.6 Å². The zero-order valence-corrected chi connectivity index (χ0v) is 14.2. The first-order chi connectivity index (χ1) is 11.2. The van der Waals surface area contributed by atoms with Crippen molar-refractivity contribution in [3.8, 4) is 0 Å². The number of hydrogen-bond donors (Lipinski definition) is 2. The fraction of sp³-hybridized carbons (Fsp3) is 0.529. The first-order valence-electron chi connectivity index (χ1n) is 8.42. The Labute approximate surface area is 140 Å². The van der Waals surface area contributed by atoms with Gasteiger partial charge in [-0.3, -0.25) is 9.80 Å². The molecule has 4 rings (SSSR count). The Bertz CT molecular complexity index is 654. The SMILES string of the molecule is CCSC1=NN2C(C(=O)N1)c1ccccc1NC21CCCCC1. The summed E-state index contributed by atoms with van der Waals surface area (Å²) in [6, 6.07) is 7.80. The van der Waals surface area contributed by atoms with E-state index in [9.17, 15) is 4.79 Å². The van der Waals surface area contributed by atoms with Crippen molar-refractivity contribution in [3.05, 3.63) is 29.8 Å². The molecule has 2 heterocycles. The lowest BCUT2D eigenvalue weighted by atomic mass is 9.83. The van der Waals surface area contributed by atoms with Crippen LogP contribution in [-0.4, -0.2) is 27.5 Å². The summed E-state index contributed by atoms with van der Waals surface area (Å²) in [4.78, 5) is 12.8. The van der Waals surface area contributed by atoms with E-state index < -0.39 is 0 Å². The van der Waals surface area contributed by atoms with E-state index in [1.54, 1.807) is 11.8 Å². The van der Waals surface area contributed by atoms with E-state index in [1.165, 1.54) is 19.3 Å². The molecule has 1 atom stereocenters. The molecule has 2 N–H and O–H groups in total. The van der Waals surface area contributed by atoms with Crippen LogP contribution >= 0.6 is 11.8 Å². The number of fused-ring (bicyclic) bond motifs is 4. The van der Waals surface area contributed by atoms with Gasteiger partial charge in [0.1, 0.15) is 5.66 Å². The molecule has 1 spiro atoms. The van der Waals surface area contributed by atoms with Crippen LogP contribution in [0.2, 0.25) is 0 Å². The maximum atomic E-state index is 12.8. The predicted octanol–water partition coefficient (Wildman–Crippen LogP) is 3.27. The Morgan fingerprint density at radius 2 is 2.09 bits per heavy atom. The number of carbonyl (C=O) groups is 1. The van der Waals surface area contributed by atoms with E-state index in [1.807, 2.05) is 18.2 Å². The molecule has 3 aliphatic rings. The van der Waals surface area contributed by atoms with E-state index in [4.69, 9.17) is 5.10 Å². The van der Waals surface area contributed by atoms with Crippen molar-refractivity contribution in [1.29, 1.82) is 0 Å². The van der Waals surface area contributed by atoms with Gasteiger partial charge in [0.25, 0.3) is 5.91 Å². The molecule has 1 fully saturated rings. The van der Waals surface area contributed by atoms with Gasteiger partial charge < -0.3 is 10.6 Å². The molecule has 2 aliphatic heterocycles. The third-order valence-electron chi connectivity index (χ3n) is 4.94. The quantitative estimate of drug-likeness (QED) is 0.830. The summed E-state index contributed by atoms with van der Waals surface area (Å²) in [5.41, 5.74) is 1.87. The van der Waals surface area contributed by atoms with Gasteiger partial charge in [-0.25, -0.2) is 0 Å². The molecule has 1 unspecified atom stereocenters. The number of anilines is 1. The minimum absolute atomic E-state index is 0.0369. The molecule has 0 saturated heterocycles. The van der Waals surface area contributed by atoms with Crippen LogP contribution in [0.15, 0.2) is 29.4 Å². The molecule has 0 radical (unpaired) electrons. The van der Waals surface area contributed by atoms with Crippen molar-refractivity contribution in [1.82, 2.24) is 10.3 Å². The Morgan fingerprint density at radius 3 is 2.87 bits per heavy atom. The van der Waals surface area contributed by atoms with Gasteiger partial charge in [-0.05, 0) is 37.5 Å². The molecule has 23 heavy (non-hydrogen) atoms. The number of amides is 1. The van der Waals surface area contributed by atoms with Crippen LogP contribution in [0.3, 0.4) is 0 Å². The highest BCUT2D eigenvalue weighted by molar-refractivity contribution is 8.13. The highest BCUT2D eigenvalue weighted by Gasteiger charge is 2.50. The molecule has 1 aliphatic carbocycles. The molecular weight excluding hydrogens is 308 g/mol. The fourth-order valence-electron chi connectivity index (χ4n) is 3.93. The summed E-state index contributed by atoms with van der Waals surface area (Å²) in [6.45, 7) is 2.07. The summed E-state index contributed by atoms with van der Waals surface area (Å²) >= 11 is 1.59. The minimum atomic E-state index is -0.327. The Hall–Kier alpha value is -1.69. The first-order valence-corrected chi connectivity index (χ1v) is 9.41. The highest BCUT2D eigenvalue weighted by Crippen LogP contribution is 2.47. The first kappa shape index (κ1) is 14.9. The predicted molar refractivity (Wildman–Crippen MR) is 94.2 cm³/mol. The molecule has 1 saturated carbocycles. The number of benzene rings is 1. The van der Waals surface area contributed by atoms with Crippen molar-refractivity contribution < 1.29 is 4.79 Å². The number of hydrazone groups is 1. The number of hydrogen-bond acceptors (Lipinski definition) is 5. The number of nitrogens with one attached hydrogen (secondary N) is 2. The van der Waals surface area contributed by atoms with E-state index in [0.717, 1.165) is 35.0 Å². The van der Waals surface area contributed by atoms with Gasteiger partial charge in [-0.15, -0.1) is 5.10 Å². The third-order valence-corrected chi connectivity index (χ3v) is 5.69. The third kappa shape index (κ3) is 2.40. The summed E-state index contributed by atoms with van der Waals surface area (Å²) in [5, 5.41) is 14.3. The summed E-state index contributed by atoms with van der Waals surface area (Å²) in [6.07, 6.45) is 5.66. The highest BCUT2D eigenvalue weighted by atomic mass is 32.2. The second-order valence-electron chi connectivity index (χ2n) is 6.38. The molecule has 0 aromatic heterocycles. The van der Waals surface area contributed by atoms with Crippen LogP contribution in [-0.2, 0) is 4.79 Å². The normalized spacial score (nSPS) is 25.1. The minimum Gasteiger partial charge on any atom is -0.361 e. The van der Waals surface area contributed by atoms with Crippen molar-refractivity contribution in [3.63, 3.8) is 0 Å². The monoisotopic (exact) mass is 330 g/mol.